The Balaban J connectivity index is 2.32. The van der Waals surface area contributed by atoms with Gasteiger partial charge in [-0.05, 0) is 30.2 Å². The van der Waals surface area contributed by atoms with Crippen LogP contribution in [0.1, 0.15) is 15.9 Å². The van der Waals surface area contributed by atoms with E-state index >= 15 is 0 Å². The Morgan fingerprint density at radius 2 is 1.77 bits per heavy atom. The first kappa shape index (κ1) is 19.4. The van der Waals surface area contributed by atoms with Gasteiger partial charge in [0.05, 0.1) is 12.0 Å². The minimum atomic E-state index is -4.26. The van der Waals surface area contributed by atoms with Crippen molar-refractivity contribution in [1.29, 1.82) is 0 Å². The molecule has 1 atom stereocenters. The Labute approximate surface area is 150 Å². The van der Waals surface area contributed by atoms with Crippen LogP contribution in [-0.4, -0.2) is 43.7 Å². The van der Waals surface area contributed by atoms with E-state index in [9.17, 15) is 23.1 Å². The number of methoxy groups -OCH3 is 1. The third-order valence-corrected chi connectivity index (χ3v) is 5.06. The summed E-state index contributed by atoms with van der Waals surface area (Å²) in [5, 5.41) is 18.5. The number of carboxylic acid groups (broad SMARTS) is 2. The van der Waals surface area contributed by atoms with Crippen LogP contribution < -0.4 is 9.46 Å². The van der Waals surface area contributed by atoms with Crippen LogP contribution >= 0.6 is 0 Å². The maximum absolute atomic E-state index is 12.5. The Morgan fingerprint density at radius 1 is 1.12 bits per heavy atom. The van der Waals surface area contributed by atoms with Gasteiger partial charge in [-0.25, -0.2) is 13.2 Å². The highest BCUT2D eigenvalue weighted by atomic mass is 32.2. The van der Waals surface area contributed by atoms with Crippen LogP contribution in [0.3, 0.4) is 0 Å². The van der Waals surface area contributed by atoms with E-state index in [1.807, 2.05) is 0 Å². The smallest absolute Gasteiger partial charge is 0.339 e. The molecule has 0 spiro atoms. The van der Waals surface area contributed by atoms with E-state index in [1.165, 1.54) is 13.2 Å². The largest absolute Gasteiger partial charge is 0.496 e. The van der Waals surface area contributed by atoms with Crippen molar-refractivity contribution in [3.63, 3.8) is 0 Å². The molecule has 2 aromatic carbocycles. The molecule has 9 heteroatoms. The van der Waals surface area contributed by atoms with Crippen LogP contribution in [-0.2, 0) is 21.2 Å². The van der Waals surface area contributed by atoms with Crippen molar-refractivity contribution in [1.82, 2.24) is 4.72 Å². The van der Waals surface area contributed by atoms with Crippen LogP contribution in [0, 0.1) is 0 Å². The van der Waals surface area contributed by atoms with Crippen molar-refractivity contribution < 1.29 is 33.0 Å². The number of rotatable bonds is 8. The molecule has 0 radical (unpaired) electrons. The Bertz CT molecular complexity index is 910. The molecule has 0 heterocycles. The summed E-state index contributed by atoms with van der Waals surface area (Å²) in [6, 6.07) is 10.4. The van der Waals surface area contributed by atoms with Gasteiger partial charge in [-0.15, -0.1) is 0 Å². The number of hydrogen-bond acceptors (Lipinski definition) is 5. The highest BCUT2D eigenvalue weighted by Gasteiger charge is 2.27. The number of nitrogens with one attached hydrogen (secondary N) is 1. The maximum atomic E-state index is 12.5. The maximum Gasteiger partial charge on any atom is 0.339 e. The predicted molar refractivity (Wildman–Crippen MR) is 91.8 cm³/mol. The zero-order chi connectivity index (χ0) is 19.3. The molecule has 8 nitrogen and oxygen atoms in total. The van der Waals surface area contributed by atoms with Crippen LogP contribution in [0.15, 0.2) is 53.4 Å². The molecule has 0 aliphatic rings. The second kappa shape index (κ2) is 7.98. The molecule has 3 N–H and O–H groups in total. The fourth-order valence-electron chi connectivity index (χ4n) is 2.31. The molecule has 0 unspecified atom stereocenters. The van der Waals surface area contributed by atoms with Gasteiger partial charge >= 0.3 is 11.9 Å². The first-order valence-corrected chi connectivity index (χ1v) is 8.93. The van der Waals surface area contributed by atoms with Crippen molar-refractivity contribution in [3.8, 4) is 5.75 Å². The molecule has 0 aliphatic heterocycles. The normalized spacial score (nSPS) is 12.3. The number of carboxylic acids is 2. The summed E-state index contributed by atoms with van der Waals surface area (Å²) in [7, 11) is -3.00. The van der Waals surface area contributed by atoms with Gasteiger partial charge in [-0.2, -0.15) is 4.72 Å². The third-order valence-electron chi connectivity index (χ3n) is 3.59. The van der Waals surface area contributed by atoms with Gasteiger partial charge in [-0.1, -0.05) is 30.3 Å². The zero-order valence-electron chi connectivity index (χ0n) is 13.7. The van der Waals surface area contributed by atoms with Crippen molar-refractivity contribution in [2.75, 3.05) is 7.11 Å². The monoisotopic (exact) mass is 379 g/mol. The lowest BCUT2D eigenvalue weighted by atomic mass is 10.1. The quantitative estimate of drug-likeness (QED) is 0.631. The van der Waals surface area contributed by atoms with Crippen molar-refractivity contribution in [3.05, 3.63) is 59.7 Å². The van der Waals surface area contributed by atoms with Gasteiger partial charge in [0, 0.05) is 0 Å². The van der Waals surface area contributed by atoms with Gasteiger partial charge in [-0.3, -0.25) is 4.79 Å². The minimum Gasteiger partial charge on any atom is -0.496 e. The van der Waals surface area contributed by atoms with Crippen LogP contribution in [0.25, 0.3) is 0 Å². The van der Waals surface area contributed by atoms with Crippen molar-refractivity contribution in [2.24, 2.45) is 0 Å². The molecule has 0 aliphatic carbocycles. The fourth-order valence-corrected chi connectivity index (χ4v) is 3.52. The first-order valence-electron chi connectivity index (χ1n) is 7.45. The average molecular weight is 379 g/mol. The number of ether oxygens (including phenoxy) is 1. The highest BCUT2D eigenvalue weighted by molar-refractivity contribution is 7.89. The topological polar surface area (TPSA) is 130 Å². The number of hydrogen-bond donors (Lipinski definition) is 3. The highest BCUT2D eigenvalue weighted by Crippen LogP contribution is 2.22. The van der Waals surface area contributed by atoms with E-state index < -0.39 is 28.0 Å². The summed E-state index contributed by atoms with van der Waals surface area (Å²) < 4.78 is 32.0. The Morgan fingerprint density at radius 3 is 2.31 bits per heavy atom. The summed E-state index contributed by atoms with van der Waals surface area (Å²) in [6.45, 7) is 0. The molecule has 0 saturated heterocycles. The molecular formula is C17H17NO7S. The average Bonchev–Trinajstić information content (AvgIpc) is 2.61. The van der Waals surface area contributed by atoms with Gasteiger partial charge < -0.3 is 14.9 Å². The zero-order valence-corrected chi connectivity index (χ0v) is 14.6. The number of aliphatic carboxylic acids is 1. The van der Waals surface area contributed by atoms with E-state index in [2.05, 4.69) is 4.72 Å². The van der Waals surface area contributed by atoms with Crippen molar-refractivity contribution >= 4 is 22.0 Å². The fraction of sp³-hybridized carbons (Fsp3) is 0.176. The molecule has 138 valence electrons. The number of sulfonamides is 1. The lowest BCUT2D eigenvalue weighted by Gasteiger charge is -2.15. The molecule has 0 amide bonds. The molecule has 26 heavy (non-hydrogen) atoms. The summed E-state index contributed by atoms with van der Waals surface area (Å²) in [6.07, 6.45) is -0.0582. The van der Waals surface area contributed by atoms with Crippen LogP contribution in [0.5, 0.6) is 5.75 Å². The third kappa shape index (κ3) is 4.58. The van der Waals surface area contributed by atoms with Crippen LogP contribution in [0.2, 0.25) is 0 Å². The Kier molecular flexibility index (Phi) is 5.96. The summed E-state index contributed by atoms with van der Waals surface area (Å²) in [5.41, 5.74) is 0.300. The molecule has 2 aromatic rings. The van der Waals surface area contributed by atoms with Crippen molar-refractivity contribution in [2.45, 2.75) is 17.4 Å². The van der Waals surface area contributed by atoms with E-state index in [0.717, 1.165) is 12.1 Å². The van der Waals surface area contributed by atoms with E-state index in [4.69, 9.17) is 9.84 Å². The lowest BCUT2D eigenvalue weighted by Crippen LogP contribution is -2.42. The summed E-state index contributed by atoms with van der Waals surface area (Å²) in [5.74, 6) is -2.71. The van der Waals surface area contributed by atoms with Crippen LogP contribution in [0.4, 0.5) is 0 Å². The second-order valence-corrected chi connectivity index (χ2v) is 7.08. The number of benzene rings is 2. The summed E-state index contributed by atoms with van der Waals surface area (Å²) >= 11 is 0. The van der Waals surface area contributed by atoms with E-state index in [0.29, 0.717) is 5.56 Å². The number of aromatic carboxylic acids is 1. The Hall–Kier alpha value is -2.91. The van der Waals surface area contributed by atoms with E-state index in [-0.39, 0.29) is 22.6 Å². The second-order valence-electron chi connectivity index (χ2n) is 5.37. The lowest BCUT2D eigenvalue weighted by molar-refractivity contribution is -0.138. The van der Waals surface area contributed by atoms with Gasteiger partial charge in [0.25, 0.3) is 0 Å². The molecule has 0 fully saturated rings. The molecule has 0 bridgehead atoms. The molecule has 0 aromatic heterocycles. The van der Waals surface area contributed by atoms with Gasteiger partial charge in [0.2, 0.25) is 10.0 Å². The van der Waals surface area contributed by atoms with Gasteiger partial charge in [0.1, 0.15) is 17.4 Å². The number of carbonyl (C=O) groups is 2. The SMILES string of the molecule is COc1ccc(S(=O)(=O)N[C@H](Cc2ccccc2)C(=O)O)cc1C(=O)O. The van der Waals surface area contributed by atoms with E-state index in [1.54, 1.807) is 30.3 Å². The first-order chi connectivity index (χ1) is 12.2. The predicted octanol–water partition coefficient (Wildman–Crippen LogP) is 1.37. The standard InChI is InChI=1S/C17H17NO7S/c1-25-15-8-7-12(10-13(15)16(19)20)26(23,24)18-14(17(21)22)9-11-5-3-2-4-6-11/h2-8,10,14,18H,9H2,1H3,(H,19,20)(H,21,22)/t14-/m1/s1. The minimum absolute atomic E-state index is 0.00415. The van der Waals surface area contributed by atoms with Gasteiger partial charge in [0.15, 0.2) is 0 Å². The molecular weight excluding hydrogens is 362 g/mol. The summed E-state index contributed by atoms with van der Waals surface area (Å²) in [4.78, 5) is 22.3. The molecule has 2 rings (SSSR count). The molecule has 0 saturated carbocycles.